The molecule has 1 aromatic carbocycles. The van der Waals surface area contributed by atoms with Gasteiger partial charge in [0.25, 0.3) is 0 Å². The lowest BCUT2D eigenvalue weighted by Crippen LogP contribution is -2.03. The van der Waals surface area contributed by atoms with E-state index in [1.807, 2.05) is 12.2 Å². The fourth-order valence-corrected chi connectivity index (χ4v) is 2.11. The second kappa shape index (κ2) is 5.71. The largest absolute Gasteiger partial charge is 0.490 e. The van der Waals surface area contributed by atoms with Crippen LogP contribution < -0.4 is 10.5 Å². The molecule has 0 aromatic heterocycles. The van der Waals surface area contributed by atoms with Crippen molar-refractivity contribution >= 4 is 0 Å². The number of benzene rings is 1. The minimum absolute atomic E-state index is 0.577. The summed E-state index contributed by atoms with van der Waals surface area (Å²) < 4.78 is 5.63. The molecule has 0 spiro atoms. The van der Waals surface area contributed by atoms with Crippen LogP contribution in [0.5, 0.6) is 5.75 Å². The van der Waals surface area contributed by atoms with E-state index in [0.29, 0.717) is 13.2 Å². The first kappa shape index (κ1) is 11.2. The van der Waals surface area contributed by atoms with Crippen molar-refractivity contribution in [2.24, 2.45) is 5.73 Å². The van der Waals surface area contributed by atoms with E-state index >= 15 is 0 Å². The summed E-state index contributed by atoms with van der Waals surface area (Å²) in [6.07, 6.45) is 8.93. The van der Waals surface area contributed by atoms with Crippen molar-refractivity contribution < 1.29 is 4.74 Å². The summed E-state index contributed by atoms with van der Waals surface area (Å²) in [6, 6.07) is 6.46. The van der Waals surface area contributed by atoms with E-state index in [-0.39, 0.29) is 0 Å². The van der Waals surface area contributed by atoms with E-state index in [0.717, 1.165) is 5.75 Å². The molecule has 0 aliphatic heterocycles. The van der Waals surface area contributed by atoms with Gasteiger partial charge in [-0.1, -0.05) is 18.2 Å². The van der Waals surface area contributed by atoms with Gasteiger partial charge < -0.3 is 10.5 Å². The summed E-state index contributed by atoms with van der Waals surface area (Å²) >= 11 is 0. The maximum atomic E-state index is 5.63. The van der Waals surface area contributed by atoms with Crippen LogP contribution in [-0.2, 0) is 12.8 Å². The molecule has 0 radical (unpaired) electrons. The number of hydrogen-bond donors (Lipinski definition) is 1. The van der Waals surface area contributed by atoms with Crippen LogP contribution in [0.2, 0.25) is 0 Å². The molecule has 0 unspecified atom stereocenters. The number of ether oxygens (including phenoxy) is 1. The van der Waals surface area contributed by atoms with Gasteiger partial charge in [-0.2, -0.15) is 0 Å². The molecule has 86 valence electrons. The predicted molar refractivity (Wildman–Crippen MR) is 66.8 cm³/mol. The Bertz CT molecular complexity index is 371. The van der Waals surface area contributed by atoms with Gasteiger partial charge >= 0.3 is 0 Å². The zero-order chi connectivity index (χ0) is 11.2. The highest BCUT2D eigenvalue weighted by Crippen LogP contribution is 2.25. The molecule has 1 aromatic rings. The molecule has 0 saturated carbocycles. The van der Waals surface area contributed by atoms with E-state index < -0.39 is 0 Å². The fraction of sp³-hybridized carbons (Fsp3) is 0.429. The van der Waals surface area contributed by atoms with Crippen LogP contribution in [0.15, 0.2) is 30.4 Å². The molecule has 0 bridgehead atoms. The Morgan fingerprint density at radius 3 is 2.75 bits per heavy atom. The smallest absolute Gasteiger partial charge is 0.120 e. The maximum absolute atomic E-state index is 5.63. The maximum Gasteiger partial charge on any atom is 0.120 e. The van der Waals surface area contributed by atoms with Gasteiger partial charge in [0.15, 0.2) is 0 Å². The third-order valence-corrected chi connectivity index (χ3v) is 2.97. The van der Waals surface area contributed by atoms with Crippen molar-refractivity contribution in [2.45, 2.75) is 25.7 Å². The van der Waals surface area contributed by atoms with Crippen LogP contribution in [-0.4, -0.2) is 13.2 Å². The molecule has 1 aliphatic carbocycles. The monoisotopic (exact) mass is 217 g/mol. The van der Waals surface area contributed by atoms with Crippen LogP contribution >= 0.6 is 0 Å². The molecule has 0 atom stereocenters. The molecule has 0 heterocycles. The highest BCUT2D eigenvalue weighted by molar-refractivity contribution is 5.37. The highest BCUT2D eigenvalue weighted by atomic mass is 16.5. The standard InChI is InChI=1S/C14H19NO/c15-9-3-4-10-16-14-8-7-12-5-1-2-6-13(12)11-14/h3-4,7-8,11H,1-2,5-6,9-10,15H2. The first-order valence-corrected chi connectivity index (χ1v) is 6.00. The van der Waals surface area contributed by atoms with E-state index in [4.69, 9.17) is 10.5 Å². The Balaban J connectivity index is 1.97. The normalized spacial score (nSPS) is 15.1. The van der Waals surface area contributed by atoms with Gasteiger partial charge in [0, 0.05) is 6.54 Å². The quantitative estimate of drug-likeness (QED) is 0.786. The molecule has 0 saturated heterocycles. The van der Waals surface area contributed by atoms with Crippen LogP contribution in [0.25, 0.3) is 0 Å². The SMILES string of the molecule is NCC=CCOc1ccc2c(c1)CCCC2. The first-order chi connectivity index (χ1) is 7.90. The third-order valence-electron chi connectivity index (χ3n) is 2.97. The van der Waals surface area contributed by atoms with Gasteiger partial charge in [-0.25, -0.2) is 0 Å². The van der Waals surface area contributed by atoms with E-state index in [1.165, 1.54) is 36.8 Å². The topological polar surface area (TPSA) is 35.2 Å². The molecule has 0 fully saturated rings. The summed E-state index contributed by atoms with van der Waals surface area (Å²) in [5, 5.41) is 0. The summed E-state index contributed by atoms with van der Waals surface area (Å²) in [6.45, 7) is 1.18. The second-order valence-corrected chi connectivity index (χ2v) is 4.16. The number of nitrogens with two attached hydrogens (primary N) is 1. The van der Waals surface area contributed by atoms with E-state index in [2.05, 4.69) is 18.2 Å². The second-order valence-electron chi connectivity index (χ2n) is 4.16. The first-order valence-electron chi connectivity index (χ1n) is 6.00. The van der Waals surface area contributed by atoms with Crippen molar-refractivity contribution in [1.82, 2.24) is 0 Å². The lowest BCUT2D eigenvalue weighted by molar-refractivity contribution is 0.362. The van der Waals surface area contributed by atoms with Crippen molar-refractivity contribution in [1.29, 1.82) is 0 Å². The molecule has 2 heteroatoms. The molecular weight excluding hydrogens is 198 g/mol. The minimum atomic E-state index is 0.577. The summed E-state index contributed by atoms with van der Waals surface area (Å²) in [5.41, 5.74) is 8.32. The molecule has 2 rings (SSSR count). The molecule has 0 amide bonds. The van der Waals surface area contributed by atoms with Crippen molar-refractivity contribution in [3.63, 3.8) is 0 Å². The van der Waals surface area contributed by atoms with E-state index in [1.54, 1.807) is 0 Å². The summed E-state index contributed by atoms with van der Waals surface area (Å²) in [7, 11) is 0. The van der Waals surface area contributed by atoms with Crippen LogP contribution in [0.1, 0.15) is 24.0 Å². The third kappa shape index (κ3) is 2.86. The summed E-state index contributed by atoms with van der Waals surface area (Å²) in [5.74, 6) is 0.974. The highest BCUT2D eigenvalue weighted by Gasteiger charge is 2.09. The molecule has 16 heavy (non-hydrogen) atoms. The molecular formula is C14H19NO. The predicted octanol–water partition coefficient (Wildman–Crippen LogP) is 2.46. The molecule has 1 aliphatic rings. The molecule has 2 N–H and O–H groups in total. The Morgan fingerprint density at radius 1 is 1.12 bits per heavy atom. The number of hydrogen-bond acceptors (Lipinski definition) is 2. The van der Waals surface area contributed by atoms with Gasteiger partial charge in [0.05, 0.1) is 0 Å². The lowest BCUT2D eigenvalue weighted by atomic mass is 9.92. The van der Waals surface area contributed by atoms with Gasteiger partial charge in [-0.15, -0.1) is 0 Å². The fourth-order valence-electron chi connectivity index (χ4n) is 2.11. The van der Waals surface area contributed by atoms with E-state index in [9.17, 15) is 0 Å². The zero-order valence-electron chi connectivity index (χ0n) is 9.61. The average Bonchev–Trinajstić information content (AvgIpc) is 2.34. The van der Waals surface area contributed by atoms with Crippen molar-refractivity contribution in [3.05, 3.63) is 41.5 Å². The van der Waals surface area contributed by atoms with Crippen LogP contribution in [0.3, 0.4) is 0 Å². The van der Waals surface area contributed by atoms with Crippen LogP contribution in [0, 0.1) is 0 Å². The summed E-state index contributed by atoms with van der Waals surface area (Å²) in [4.78, 5) is 0. The van der Waals surface area contributed by atoms with Crippen molar-refractivity contribution in [3.8, 4) is 5.75 Å². The Hall–Kier alpha value is -1.28. The number of aryl methyl sites for hydroxylation is 2. The van der Waals surface area contributed by atoms with Gasteiger partial charge in [0.2, 0.25) is 0 Å². The minimum Gasteiger partial charge on any atom is -0.490 e. The molecule has 2 nitrogen and oxygen atoms in total. The van der Waals surface area contributed by atoms with Gasteiger partial charge in [-0.3, -0.25) is 0 Å². The Morgan fingerprint density at radius 2 is 1.94 bits per heavy atom. The van der Waals surface area contributed by atoms with Crippen LogP contribution in [0.4, 0.5) is 0 Å². The van der Waals surface area contributed by atoms with Crippen molar-refractivity contribution in [2.75, 3.05) is 13.2 Å². The lowest BCUT2D eigenvalue weighted by Gasteiger charge is -2.16. The Kier molecular flexibility index (Phi) is 4.00. The Labute approximate surface area is 97.1 Å². The van der Waals surface area contributed by atoms with Gasteiger partial charge in [-0.05, 0) is 48.9 Å². The number of rotatable bonds is 4. The average molecular weight is 217 g/mol. The number of fused-ring (bicyclic) bond motifs is 1. The van der Waals surface area contributed by atoms with Gasteiger partial charge in [0.1, 0.15) is 12.4 Å². The zero-order valence-corrected chi connectivity index (χ0v) is 9.61.